The first-order chi connectivity index (χ1) is 5.25. The zero-order chi connectivity index (χ0) is 8.27. The van der Waals surface area contributed by atoms with Crippen LogP contribution in [0.4, 0.5) is 0 Å². The van der Waals surface area contributed by atoms with E-state index in [9.17, 15) is 4.79 Å². The molecule has 1 radical (unpaired) electrons. The summed E-state index contributed by atoms with van der Waals surface area (Å²) >= 11 is 0. The van der Waals surface area contributed by atoms with Gasteiger partial charge < -0.3 is 9.84 Å². The Bertz CT molecular complexity index is 268. The second-order valence-corrected chi connectivity index (χ2v) is 1.95. The number of benzene rings is 1. The zero-order valence-corrected chi connectivity index (χ0v) is 5.78. The topological polar surface area (TPSA) is 46.5 Å². The van der Waals surface area contributed by atoms with E-state index in [1.54, 1.807) is 12.1 Å². The van der Waals surface area contributed by atoms with E-state index in [0.717, 1.165) is 0 Å². The van der Waals surface area contributed by atoms with E-state index in [-0.39, 0.29) is 11.3 Å². The smallest absolute Gasteiger partial charge is 0.342 e. The van der Waals surface area contributed by atoms with Crippen LogP contribution in [0, 0.1) is 7.11 Å². The van der Waals surface area contributed by atoms with Gasteiger partial charge in [-0.15, -0.1) is 0 Å². The second-order valence-electron chi connectivity index (χ2n) is 1.95. The van der Waals surface area contributed by atoms with Gasteiger partial charge in [0.15, 0.2) is 0 Å². The van der Waals surface area contributed by atoms with Crippen LogP contribution in [0.15, 0.2) is 24.3 Å². The molecule has 0 fully saturated rings. The summed E-state index contributed by atoms with van der Waals surface area (Å²) in [6, 6.07) is 6.12. The van der Waals surface area contributed by atoms with Crippen LogP contribution in [0.25, 0.3) is 0 Å². The number of esters is 1. The monoisotopic (exact) mass is 151 g/mol. The van der Waals surface area contributed by atoms with Crippen LogP contribution in [0.5, 0.6) is 5.75 Å². The van der Waals surface area contributed by atoms with Crippen molar-refractivity contribution in [2.75, 3.05) is 0 Å². The summed E-state index contributed by atoms with van der Waals surface area (Å²) in [5, 5.41) is 9.08. The highest BCUT2D eigenvalue weighted by molar-refractivity contribution is 5.92. The average molecular weight is 151 g/mol. The van der Waals surface area contributed by atoms with Crippen LogP contribution in [0.3, 0.4) is 0 Å². The Labute approximate surface area is 64.2 Å². The van der Waals surface area contributed by atoms with Crippen molar-refractivity contribution in [2.45, 2.75) is 0 Å². The van der Waals surface area contributed by atoms with Crippen LogP contribution in [0.1, 0.15) is 10.4 Å². The lowest BCUT2D eigenvalue weighted by atomic mass is 10.2. The van der Waals surface area contributed by atoms with Gasteiger partial charge in [0.2, 0.25) is 0 Å². The first-order valence-corrected chi connectivity index (χ1v) is 3.00. The first-order valence-electron chi connectivity index (χ1n) is 3.00. The van der Waals surface area contributed by atoms with Crippen molar-refractivity contribution in [1.29, 1.82) is 0 Å². The molecular weight excluding hydrogens is 144 g/mol. The fourth-order valence-electron chi connectivity index (χ4n) is 0.724. The number of aromatic hydroxyl groups is 1. The van der Waals surface area contributed by atoms with Crippen LogP contribution in [-0.4, -0.2) is 11.1 Å². The van der Waals surface area contributed by atoms with Gasteiger partial charge in [0.1, 0.15) is 18.4 Å². The molecule has 0 aliphatic heterocycles. The molecular formula is C8H7O3. The molecule has 0 heterocycles. The molecule has 0 atom stereocenters. The number of carbonyl (C=O) groups is 1. The maximum Gasteiger partial charge on any atom is 0.342 e. The van der Waals surface area contributed by atoms with Gasteiger partial charge in [0.05, 0.1) is 0 Å². The lowest BCUT2D eigenvalue weighted by Crippen LogP contribution is -1.99. The zero-order valence-electron chi connectivity index (χ0n) is 5.78. The molecule has 1 N–H and O–H groups in total. The molecule has 11 heavy (non-hydrogen) atoms. The molecule has 0 aromatic heterocycles. The molecule has 3 nitrogen and oxygen atoms in total. The maximum atomic E-state index is 10.8. The predicted octanol–water partition coefficient (Wildman–Crippen LogP) is 1.34. The Hall–Kier alpha value is -1.51. The Morgan fingerprint density at radius 2 is 2.09 bits per heavy atom. The van der Waals surface area contributed by atoms with Crippen molar-refractivity contribution in [3.05, 3.63) is 36.9 Å². The van der Waals surface area contributed by atoms with Gasteiger partial charge in [-0.05, 0) is 12.1 Å². The number of ether oxygens (including phenoxy) is 1. The Morgan fingerprint density at radius 3 is 2.64 bits per heavy atom. The van der Waals surface area contributed by atoms with Crippen LogP contribution >= 0.6 is 0 Å². The Morgan fingerprint density at radius 1 is 1.45 bits per heavy atom. The van der Waals surface area contributed by atoms with Crippen molar-refractivity contribution in [3.63, 3.8) is 0 Å². The predicted molar refractivity (Wildman–Crippen MR) is 38.9 cm³/mol. The quantitative estimate of drug-likeness (QED) is 0.616. The fraction of sp³-hybridized carbons (Fsp3) is 0. The molecule has 3 heteroatoms. The number of phenols is 1. The summed E-state index contributed by atoms with van der Waals surface area (Å²) in [7, 11) is 2.94. The van der Waals surface area contributed by atoms with E-state index in [4.69, 9.17) is 5.11 Å². The number of hydrogen-bond acceptors (Lipinski definition) is 3. The number of hydrogen-bond donors (Lipinski definition) is 1. The van der Waals surface area contributed by atoms with E-state index in [2.05, 4.69) is 11.8 Å². The molecule has 1 aromatic rings. The molecule has 1 aromatic carbocycles. The first kappa shape index (κ1) is 7.60. The molecule has 0 spiro atoms. The van der Waals surface area contributed by atoms with Gasteiger partial charge in [-0.2, -0.15) is 0 Å². The van der Waals surface area contributed by atoms with Crippen LogP contribution in [-0.2, 0) is 4.74 Å². The standard InChI is InChI=1S/C8H7O3/c1-11-8(10)6-4-2-3-5-7(6)9/h2-5,9H,1H2. The lowest BCUT2D eigenvalue weighted by Gasteiger charge is -1.99. The van der Waals surface area contributed by atoms with Gasteiger partial charge >= 0.3 is 5.97 Å². The Kier molecular flexibility index (Phi) is 2.11. The number of phenolic OH excluding ortho intramolecular Hbond substituents is 1. The molecule has 57 valence electrons. The summed E-state index contributed by atoms with van der Waals surface area (Å²) in [5.74, 6) is -0.732. The lowest BCUT2D eigenvalue weighted by molar-refractivity contribution is 0.0651. The van der Waals surface area contributed by atoms with Gasteiger partial charge in [0.25, 0.3) is 0 Å². The van der Waals surface area contributed by atoms with Crippen LogP contribution in [0.2, 0.25) is 0 Å². The molecule has 0 unspecified atom stereocenters. The molecule has 0 saturated heterocycles. The highest BCUT2D eigenvalue weighted by Gasteiger charge is 2.08. The summed E-state index contributed by atoms with van der Waals surface area (Å²) in [5.41, 5.74) is 0.127. The number of carbonyl (C=O) groups excluding carboxylic acids is 1. The van der Waals surface area contributed by atoms with Gasteiger partial charge in [-0.1, -0.05) is 12.1 Å². The molecule has 0 saturated carbocycles. The number of rotatable bonds is 1. The largest absolute Gasteiger partial charge is 0.507 e. The minimum Gasteiger partial charge on any atom is -0.507 e. The van der Waals surface area contributed by atoms with Gasteiger partial charge in [-0.25, -0.2) is 4.79 Å². The molecule has 1 rings (SSSR count). The van der Waals surface area contributed by atoms with Gasteiger partial charge in [-0.3, -0.25) is 0 Å². The van der Waals surface area contributed by atoms with Crippen molar-refractivity contribution >= 4 is 5.97 Å². The van der Waals surface area contributed by atoms with E-state index >= 15 is 0 Å². The summed E-state index contributed by atoms with van der Waals surface area (Å²) in [4.78, 5) is 10.8. The summed E-state index contributed by atoms with van der Waals surface area (Å²) in [6.45, 7) is 0. The van der Waals surface area contributed by atoms with Crippen molar-refractivity contribution in [3.8, 4) is 5.75 Å². The van der Waals surface area contributed by atoms with Crippen molar-refractivity contribution in [1.82, 2.24) is 0 Å². The normalized spacial score (nSPS) is 9.18. The fourth-order valence-corrected chi connectivity index (χ4v) is 0.724. The maximum absolute atomic E-state index is 10.8. The third kappa shape index (κ3) is 1.49. The van der Waals surface area contributed by atoms with E-state index in [0.29, 0.717) is 0 Å². The molecule has 0 aliphatic carbocycles. The van der Waals surface area contributed by atoms with E-state index < -0.39 is 5.97 Å². The van der Waals surface area contributed by atoms with Crippen molar-refractivity contribution < 1.29 is 14.6 Å². The van der Waals surface area contributed by atoms with Gasteiger partial charge in [0, 0.05) is 0 Å². The van der Waals surface area contributed by atoms with E-state index in [1.165, 1.54) is 12.1 Å². The minimum absolute atomic E-state index is 0.0962. The van der Waals surface area contributed by atoms with E-state index in [1.807, 2.05) is 0 Å². The highest BCUT2D eigenvalue weighted by Crippen LogP contribution is 2.15. The third-order valence-electron chi connectivity index (χ3n) is 1.26. The highest BCUT2D eigenvalue weighted by atomic mass is 16.5. The van der Waals surface area contributed by atoms with Crippen LogP contribution < -0.4 is 0 Å². The Balaban J connectivity index is 3.03. The third-order valence-corrected chi connectivity index (χ3v) is 1.26. The summed E-state index contributed by atoms with van der Waals surface area (Å²) < 4.78 is 4.17. The SMILES string of the molecule is [CH2]OC(=O)c1ccccc1O. The number of para-hydroxylation sites is 1. The molecule has 0 bridgehead atoms. The van der Waals surface area contributed by atoms with Crippen molar-refractivity contribution in [2.24, 2.45) is 0 Å². The molecule has 0 amide bonds. The average Bonchev–Trinajstić information content (AvgIpc) is 2.04. The minimum atomic E-state index is -0.636. The second kappa shape index (κ2) is 3.05. The molecule has 0 aliphatic rings. The summed E-state index contributed by atoms with van der Waals surface area (Å²) in [6.07, 6.45) is 0.